The number of rotatable bonds is 3. The van der Waals surface area contributed by atoms with Crippen molar-refractivity contribution in [2.45, 2.75) is 32.3 Å². The molecule has 1 atom stereocenters. The van der Waals surface area contributed by atoms with Crippen LogP contribution in [0.4, 0.5) is 0 Å². The van der Waals surface area contributed by atoms with Gasteiger partial charge in [0.1, 0.15) is 6.61 Å². The number of carbonyl (C=O) groups excluding carboxylic acids is 1. The molecule has 17 heavy (non-hydrogen) atoms. The summed E-state index contributed by atoms with van der Waals surface area (Å²) >= 11 is 0. The highest BCUT2D eigenvalue weighted by atomic mass is 16.8. The summed E-state index contributed by atoms with van der Waals surface area (Å²) in [6, 6.07) is 9.54. The number of carbonyl (C=O) groups is 1. The minimum absolute atomic E-state index is 0.251. The van der Waals surface area contributed by atoms with Gasteiger partial charge in [0, 0.05) is 0 Å². The van der Waals surface area contributed by atoms with Crippen LogP contribution < -0.4 is 0 Å². The largest absolute Gasteiger partial charge is 0.459 e. The van der Waals surface area contributed by atoms with Gasteiger partial charge in [-0.25, -0.2) is 4.79 Å². The Kier molecular flexibility index (Phi) is 3.45. The molecule has 0 saturated carbocycles. The number of esters is 1. The fraction of sp³-hybridized carbons (Fsp3) is 0.462. The molecular weight excluding hydrogens is 220 g/mol. The first-order valence-corrected chi connectivity index (χ1v) is 5.59. The summed E-state index contributed by atoms with van der Waals surface area (Å²) in [7, 11) is 0. The summed E-state index contributed by atoms with van der Waals surface area (Å²) < 4.78 is 15.9. The van der Waals surface area contributed by atoms with Crippen LogP contribution in [0.25, 0.3) is 0 Å². The fourth-order valence-corrected chi connectivity index (χ4v) is 1.62. The van der Waals surface area contributed by atoms with Gasteiger partial charge >= 0.3 is 5.97 Å². The third kappa shape index (κ3) is 3.28. The standard InChI is InChI=1S/C13H16O4/c1-13(2)16-9-11(17-13)12(14)15-8-10-6-4-3-5-7-10/h3-7,11H,8-9H2,1-2H3. The van der Waals surface area contributed by atoms with Crippen molar-refractivity contribution in [2.24, 2.45) is 0 Å². The molecule has 0 spiro atoms. The molecule has 2 rings (SSSR count). The SMILES string of the molecule is CC1(C)OCC(C(=O)OCc2ccccc2)O1. The van der Waals surface area contributed by atoms with Crippen LogP contribution in [0.5, 0.6) is 0 Å². The van der Waals surface area contributed by atoms with E-state index in [1.807, 2.05) is 30.3 Å². The van der Waals surface area contributed by atoms with E-state index in [9.17, 15) is 4.79 Å². The maximum atomic E-state index is 11.7. The maximum Gasteiger partial charge on any atom is 0.338 e. The van der Waals surface area contributed by atoms with Crippen molar-refractivity contribution in [3.05, 3.63) is 35.9 Å². The smallest absolute Gasteiger partial charge is 0.338 e. The van der Waals surface area contributed by atoms with E-state index < -0.39 is 11.9 Å². The van der Waals surface area contributed by atoms with Crippen molar-refractivity contribution < 1.29 is 19.0 Å². The summed E-state index contributed by atoms with van der Waals surface area (Å²) in [6.07, 6.45) is -0.617. The molecule has 0 aromatic heterocycles. The monoisotopic (exact) mass is 236 g/mol. The topological polar surface area (TPSA) is 44.8 Å². The van der Waals surface area contributed by atoms with Crippen LogP contribution in [0.15, 0.2) is 30.3 Å². The first-order chi connectivity index (χ1) is 8.07. The molecule has 4 nitrogen and oxygen atoms in total. The van der Waals surface area contributed by atoms with Crippen molar-refractivity contribution in [3.63, 3.8) is 0 Å². The molecule has 1 aliphatic rings. The van der Waals surface area contributed by atoms with Crippen LogP contribution in [-0.4, -0.2) is 24.5 Å². The van der Waals surface area contributed by atoms with Crippen molar-refractivity contribution in [1.82, 2.24) is 0 Å². The van der Waals surface area contributed by atoms with E-state index in [-0.39, 0.29) is 19.2 Å². The van der Waals surface area contributed by atoms with Gasteiger partial charge in [0.2, 0.25) is 0 Å². The highest BCUT2D eigenvalue weighted by molar-refractivity contribution is 5.75. The van der Waals surface area contributed by atoms with E-state index in [2.05, 4.69) is 0 Å². The first kappa shape index (κ1) is 12.1. The predicted octanol–water partition coefficient (Wildman–Crippen LogP) is 1.88. The molecule has 0 radical (unpaired) electrons. The van der Waals surface area contributed by atoms with E-state index >= 15 is 0 Å². The Bertz CT molecular complexity index is 386. The van der Waals surface area contributed by atoms with Crippen LogP contribution in [0.2, 0.25) is 0 Å². The summed E-state index contributed by atoms with van der Waals surface area (Å²) in [5.74, 6) is -1.07. The fourth-order valence-electron chi connectivity index (χ4n) is 1.62. The maximum absolute atomic E-state index is 11.7. The molecular formula is C13H16O4. The van der Waals surface area contributed by atoms with E-state index in [0.717, 1.165) is 5.56 Å². The van der Waals surface area contributed by atoms with Crippen molar-refractivity contribution >= 4 is 5.97 Å². The van der Waals surface area contributed by atoms with Crippen molar-refractivity contribution in [2.75, 3.05) is 6.61 Å². The second-order valence-electron chi connectivity index (χ2n) is 4.41. The highest BCUT2D eigenvalue weighted by Crippen LogP contribution is 2.23. The summed E-state index contributed by atoms with van der Waals surface area (Å²) in [4.78, 5) is 11.7. The van der Waals surface area contributed by atoms with Crippen LogP contribution in [0.1, 0.15) is 19.4 Å². The average Bonchev–Trinajstić information content (AvgIpc) is 2.68. The summed E-state index contributed by atoms with van der Waals surface area (Å²) in [5, 5.41) is 0. The molecule has 1 unspecified atom stereocenters. The van der Waals surface area contributed by atoms with Crippen molar-refractivity contribution in [3.8, 4) is 0 Å². The predicted molar refractivity (Wildman–Crippen MR) is 61.1 cm³/mol. The van der Waals surface area contributed by atoms with Crippen LogP contribution in [0, 0.1) is 0 Å². The van der Waals surface area contributed by atoms with Gasteiger partial charge in [-0.15, -0.1) is 0 Å². The van der Waals surface area contributed by atoms with E-state index in [1.54, 1.807) is 13.8 Å². The van der Waals surface area contributed by atoms with Gasteiger partial charge in [-0.1, -0.05) is 30.3 Å². The third-order valence-corrected chi connectivity index (χ3v) is 2.50. The zero-order valence-electron chi connectivity index (χ0n) is 10.0. The second-order valence-corrected chi connectivity index (χ2v) is 4.41. The Hall–Kier alpha value is -1.39. The van der Waals surface area contributed by atoms with E-state index in [0.29, 0.717) is 0 Å². The Balaban J connectivity index is 1.83. The zero-order chi connectivity index (χ0) is 12.3. The van der Waals surface area contributed by atoms with Gasteiger partial charge in [-0.05, 0) is 19.4 Å². The molecule has 1 aromatic carbocycles. The van der Waals surface area contributed by atoms with Crippen LogP contribution in [0.3, 0.4) is 0 Å². The lowest BCUT2D eigenvalue weighted by Gasteiger charge is -2.16. The lowest BCUT2D eigenvalue weighted by atomic mass is 10.2. The molecule has 1 aliphatic heterocycles. The Labute approximate surface area is 100 Å². The molecule has 0 bridgehead atoms. The summed E-state index contributed by atoms with van der Waals surface area (Å²) in [5.41, 5.74) is 0.957. The Morgan fingerprint density at radius 2 is 2.12 bits per heavy atom. The zero-order valence-corrected chi connectivity index (χ0v) is 10.0. The van der Waals surface area contributed by atoms with Crippen molar-refractivity contribution in [1.29, 1.82) is 0 Å². The molecule has 0 amide bonds. The average molecular weight is 236 g/mol. The molecule has 0 N–H and O–H groups in total. The molecule has 1 aromatic rings. The molecule has 92 valence electrons. The van der Waals surface area contributed by atoms with Crippen LogP contribution >= 0.6 is 0 Å². The highest BCUT2D eigenvalue weighted by Gasteiger charge is 2.37. The normalized spacial score (nSPS) is 22.4. The number of hydrogen-bond donors (Lipinski definition) is 0. The number of benzene rings is 1. The molecule has 4 heteroatoms. The van der Waals surface area contributed by atoms with Gasteiger partial charge in [0.05, 0.1) is 6.61 Å². The summed E-state index contributed by atoms with van der Waals surface area (Å²) in [6.45, 7) is 4.07. The van der Waals surface area contributed by atoms with Gasteiger partial charge in [0.25, 0.3) is 0 Å². The molecule has 1 heterocycles. The number of ether oxygens (including phenoxy) is 3. The van der Waals surface area contributed by atoms with E-state index in [4.69, 9.17) is 14.2 Å². The molecule has 1 fully saturated rings. The van der Waals surface area contributed by atoms with Crippen LogP contribution in [-0.2, 0) is 25.6 Å². The number of hydrogen-bond acceptors (Lipinski definition) is 4. The quantitative estimate of drug-likeness (QED) is 0.752. The lowest BCUT2D eigenvalue weighted by Crippen LogP contribution is -2.28. The molecule has 1 saturated heterocycles. The first-order valence-electron chi connectivity index (χ1n) is 5.59. The third-order valence-electron chi connectivity index (χ3n) is 2.50. The lowest BCUT2D eigenvalue weighted by molar-refractivity contribution is -0.170. The Morgan fingerprint density at radius 1 is 1.41 bits per heavy atom. The Morgan fingerprint density at radius 3 is 2.71 bits per heavy atom. The van der Waals surface area contributed by atoms with Gasteiger partial charge in [-0.2, -0.15) is 0 Å². The van der Waals surface area contributed by atoms with Gasteiger partial charge in [0.15, 0.2) is 11.9 Å². The second kappa shape index (κ2) is 4.85. The minimum Gasteiger partial charge on any atom is -0.459 e. The van der Waals surface area contributed by atoms with E-state index in [1.165, 1.54) is 0 Å². The molecule has 0 aliphatic carbocycles. The van der Waals surface area contributed by atoms with Gasteiger partial charge in [-0.3, -0.25) is 0 Å². The minimum atomic E-state index is -0.698. The van der Waals surface area contributed by atoms with Gasteiger partial charge < -0.3 is 14.2 Å².